The summed E-state index contributed by atoms with van der Waals surface area (Å²) in [4.78, 5) is 12.4. The molecule has 0 aromatic heterocycles. The molecule has 1 fully saturated rings. The third-order valence-corrected chi connectivity index (χ3v) is 4.29. The van der Waals surface area contributed by atoms with E-state index in [0.717, 1.165) is 36.4 Å². The van der Waals surface area contributed by atoms with Crippen molar-refractivity contribution in [2.24, 2.45) is 5.41 Å². The van der Waals surface area contributed by atoms with Gasteiger partial charge in [0.25, 0.3) is 0 Å². The van der Waals surface area contributed by atoms with Crippen LogP contribution < -0.4 is 20.1 Å². The molecule has 0 aliphatic carbocycles. The molecule has 2 aliphatic rings. The molecule has 0 saturated carbocycles. The average molecular weight is 290 g/mol. The molecular weight excluding hydrogens is 268 g/mol. The minimum atomic E-state index is -0.125. The van der Waals surface area contributed by atoms with E-state index in [0.29, 0.717) is 6.54 Å². The molecule has 2 aliphatic heterocycles. The summed E-state index contributed by atoms with van der Waals surface area (Å²) in [5, 5.41) is 6.35. The second kappa shape index (κ2) is 5.56. The van der Waals surface area contributed by atoms with Crippen molar-refractivity contribution in [3.63, 3.8) is 0 Å². The Morgan fingerprint density at radius 1 is 1.38 bits per heavy atom. The van der Waals surface area contributed by atoms with E-state index in [4.69, 9.17) is 9.47 Å². The van der Waals surface area contributed by atoms with Crippen molar-refractivity contribution in [1.29, 1.82) is 0 Å². The predicted octanol–water partition coefficient (Wildman–Crippen LogP) is 1.81. The summed E-state index contributed by atoms with van der Waals surface area (Å²) in [7, 11) is 0. The molecule has 0 spiro atoms. The van der Waals surface area contributed by atoms with Gasteiger partial charge < -0.3 is 20.1 Å². The third-order valence-electron chi connectivity index (χ3n) is 4.29. The molecule has 1 aromatic carbocycles. The van der Waals surface area contributed by atoms with E-state index < -0.39 is 0 Å². The first-order valence-corrected chi connectivity index (χ1v) is 7.46. The van der Waals surface area contributed by atoms with Crippen LogP contribution in [0.3, 0.4) is 0 Å². The number of benzene rings is 1. The highest BCUT2D eigenvalue weighted by Crippen LogP contribution is 2.33. The summed E-state index contributed by atoms with van der Waals surface area (Å²) < 4.78 is 10.6. The topological polar surface area (TPSA) is 59.6 Å². The Labute approximate surface area is 125 Å². The first kappa shape index (κ1) is 14.2. The van der Waals surface area contributed by atoms with Crippen LogP contribution in [0.5, 0.6) is 11.5 Å². The second-order valence-electron chi connectivity index (χ2n) is 6.38. The number of nitrogens with one attached hydrogen (secondary N) is 2. The van der Waals surface area contributed by atoms with Gasteiger partial charge in [-0.1, -0.05) is 19.9 Å². The molecule has 21 heavy (non-hydrogen) atoms. The van der Waals surface area contributed by atoms with Crippen LogP contribution in [-0.4, -0.2) is 25.3 Å². The van der Waals surface area contributed by atoms with Gasteiger partial charge in [-0.25, -0.2) is 0 Å². The lowest BCUT2D eigenvalue weighted by Gasteiger charge is -2.38. The molecule has 2 heterocycles. The van der Waals surface area contributed by atoms with Crippen LogP contribution in [0.25, 0.3) is 0 Å². The van der Waals surface area contributed by atoms with Crippen molar-refractivity contribution in [2.75, 3.05) is 13.3 Å². The maximum atomic E-state index is 12.4. The summed E-state index contributed by atoms with van der Waals surface area (Å²) in [5.74, 6) is 1.58. The molecule has 1 aromatic rings. The smallest absolute Gasteiger partial charge is 0.237 e. The molecule has 0 bridgehead atoms. The highest BCUT2D eigenvalue weighted by atomic mass is 16.7. The van der Waals surface area contributed by atoms with Gasteiger partial charge >= 0.3 is 0 Å². The SMILES string of the molecule is CC1(C)CCCNC1C(=O)NCc1ccc2c(c1)OCO2. The predicted molar refractivity (Wildman–Crippen MR) is 79.2 cm³/mol. The fraction of sp³-hybridized carbons (Fsp3) is 0.562. The van der Waals surface area contributed by atoms with Gasteiger partial charge in [0.15, 0.2) is 11.5 Å². The van der Waals surface area contributed by atoms with E-state index in [2.05, 4.69) is 24.5 Å². The van der Waals surface area contributed by atoms with Gasteiger partial charge in [0.2, 0.25) is 12.7 Å². The molecular formula is C16H22N2O3. The fourth-order valence-corrected chi connectivity index (χ4v) is 3.00. The number of hydrogen-bond donors (Lipinski definition) is 2. The maximum absolute atomic E-state index is 12.4. The number of piperidine rings is 1. The van der Waals surface area contributed by atoms with Crippen molar-refractivity contribution in [1.82, 2.24) is 10.6 Å². The molecule has 1 saturated heterocycles. The van der Waals surface area contributed by atoms with E-state index in [-0.39, 0.29) is 24.2 Å². The lowest BCUT2D eigenvalue weighted by molar-refractivity contribution is -0.126. The number of carbonyl (C=O) groups is 1. The first-order chi connectivity index (χ1) is 10.1. The van der Waals surface area contributed by atoms with E-state index in [1.807, 2.05) is 18.2 Å². The Morgan fingerprint density at radius 3 is 3.00 bits per heavy atom. The van der Waals surface area contributed by atoms with E-state index in [9.17, 15) is 4.79 Å². The first-order valence-electron chi connectivity index (χ1n) is 7.46. The monoisotopic (exact) mass is 290 g/mol. The van der Waals surface area contributed by atoms with Gasteiger partial charge in [0.1, 0.15) is 0 Å². The molecule has 1 atom stereocenters. The minimum Gasteiger partial charge on any atom is -0.454 e. The van der Waals surface area contributed by atoms with Crippen molar-refractivity contribution in [3.05, 3.63) is 23.8 Å². The summed E-state index contributed by atoms with van der Waals surface area (Å²) in [6.07, 6.45) is 2.20. The summed E-state index contributed by atoms with van der Waals surface area (Å²) in [6, 6.07) is 5.63. The summed E-state index contributed by atoms with van der Waals surface area (Å²) >= 11 is 0. The average Bonchev–Trinajstić information content (AvgIpc) is 2.91. The van der Waals surface area contributed by atoms with Crippen LogP contribution in [0.1, 0.15) is 32.3 Å². The van der Waals surface area contributed by atoms with Crippen molar-refractivity contribution in [3.8, 4) is 11.5 Å². The molecule has 1 unspecified atom stereocenters. The van der Waals surface area contributed by atoms with Crippen LogP contribution in [0.15, 0.2) is 18.2 Å². The van der Waals surface area contributed by atoms with Crippen LogP contribution in [0.4, 0.5) is 0 Å². The van der Waals surface area contributed by atoms with Gasteiger partial charge in [-0.3, -0.25) is 4.79 Å². The number of hydrogen-bond acceptors (Lipinski definition) is 4. The Kier molecular flexibility index (Phi) is 3.76. The van der Waals surface area contributed by atoms with Crippen LogP contribution in [-0.2, 0) is 11.3 Å². The number of carbonyl (C=O) groups excluding carboxylic acids is 1. The van der Waals surface area contributed by atoms with E-state index in [1.54, 1.807) is 0 Å². The van der Waals surface area contributed by atoms with Crippen molar-refractivity contribution < 1.29 is 14.3 Å². The van der Waals surface area contributed by atoms with Crippen molar-refractivity contribution >= 4 is 5.91 Å². The molecule has 3 rings (SSSR count). The van der Waals surface area contributed by atoms with Gasteiger partial charge in [-0.2, -0.15) is 0 Å². The Bertz CT molecular complexity index is 542. The lowest BCUT2D eigenvalue weighted by atomic mass is 9.77. The normalized spacial score (nSPS) is 22.9. The molecule has 1 amide bonds. The number of fused-ring (bicyclic) bond motifs is 1. The molecule has 5 nitrogen and oxygen atoms in total. The Balaban J connectivity index is 1.60. The van der Waals surface area contributed by atoms with Crippen LogP contribution in [0.2, 0.25) is 0 Å². The minimum absolute atomic E-state index is 0.00276. The van der Waals surface area contributed by atoms with Gasteiger partial charge in [-0.05, 0) is 42.5 Å². The summed E-state index contributed by atoms with van der Waals surface area (Å²) in [5.41, 5.74) is 1.01. The van der Waals surface area contributed by atoms with Crippen molar-refractivity contribution in [2.45, 2.75) is 39.3 Å². The van der Waals surface area contributed by atoms with Crippen LogP contribution >= 0.6 is 0 Å². The van der Waals surface area contributed by atoms with Crippen LogP contribution in [0, 0.1) is 5.41 Å². The standard InChI is InChI=1S/C16H22N2O3/c1-16(2)6-3-7-17-14(16)15(19)18-9-11-4-5-12-13(8-11)21-10-20-12/h4-5,8,14,17H,3,6-7,9-10H2,1-2H3,(H,18,19). The zero-order valence-corrected chi connectivity index (χ0v) is 12.6. The largest absolute Gasteiger partial charge is 0.454 e. The maximum Gasteiger partial charge on any atom is 0.237 e. The number of amides is 1. The van der Waals surface area contributed by atoms with Gasteiger partial charge in [0.05, 0.1) is 6.04 Å². The fourth-order valence-electron chi connectivity index (χ4n) is 3.00. The molecule has 2 N–H and O–H groups in total. The lowest BCUT2D eigenvalue weighted by Crippen LogP contribution is -2.55. The highest BCUT2D eigenvalue weighted by Gasteiger charge is 2.36. The number of rotatable bonds is 3. The van der Waals surface area contributed by atoms with E-state index >= 15 is 0 Å². The molecule has 0 radical (unpaired) electrons. The highest BCUT2D eigenvalue weighted by molar-refractivity contribution is 5.82. The second-order valence-corrected chi connectivity index (χ2v) is 6.38. The summed E-state index contributed by atoms with van der Waals surface area (Å²) in [6.45, 7) is 5.97. The molecule has 114 valence electrons. The van der Waals surface area contributed by atoms with E-state index in [1.165, 1.54) is 0 Å². The third kappa shape index (κ3) is 2.97. The van der Waals surface area contributed by atoms with Gasteiger partial charge in [-0.15, -0.1) is 0 Å². The zero-order valence-electron chi connectivity index (χ0n) is 12.6. The number of ether oxygens (including phenoxy) is 2. The van der Waals surface area contributed by atoms with Gasteiger partial charge in [0, 0.05) is 6.54 Å². The Morgan fingerprint density at radius 2 is 2.19 bits per heavy atom. The molecule has 5 heteroatoms. The Hall–Kier alpha value is -1.75. The quantitative estimate of drug-likeness (QED) is 0.891. The zero-order chi connectivity index (χ0) is 14.9.